The van der Waals surface area contributed by atoms with Crippen LogP contribution >= 0.6 is 0 Å². The van der Waals surface area contributed by atoms with E-state index in [-0.39, 0.29) is 5.54 Å². The summed E-state index contributed by atoms with van der Waals surface area (Å²) in [5.74, 6) is 0. The largest absolute Gasteiger partial charge is 0.381 e. The number of nitrogens with zero attached hydrogens (tertiary/aromatic N) is 1. The molecule has 126 valence electrons. The van der Waals surface area contributed by atoms with Gasteiger partial charge in [0.2, 0.25) is 0 Å². The van der Waals surface area contributed by atoms with Gasteiger partial charge in [-0.25, -0.2) is 0 Å². The lowest BCUT2D eigenvalue weighted by molar-refractivity contribution is -0.0408. The van der Waals surface area contributed by atoms with Gasteiger partial charge in [-0.1, -0.05) is 0 Å². The normalized spacial score (nSPS) is 26.4. The van der Waals surface area contributed by atoms with Gasteiger partial charge < -0.3 is 19.9 Å². The highest BCUT2D eigenvalue weighted by Crippen LogP contribution is 2.34. The molecule has 5 heteroatoms. The van der Waals surface area contributed by atoms with Crippen molar-refractivity contribution in [2.24, 2.45) is 5.73 Å². The molecule has 1 aliphatic rings. The Morgan fingerprint density at radius 2 is 1.76 bits per heavy atom. The van der Waals surface area contributed by atoms with E-state index in [1.54, 1.807) is 0 Å². The molecule has 0 spiro atoms. The van der Waals surface area contributed by atoms with Crippen LogP contribution in [0.1, 0.15) is 39.5 Å². The molecule has 5 nitrogen and oxygen atoms in total. The molecule has 0 heterocycles. The van der Waals surface area contributed by atoms with Crippen molar-refractivity contribution < 1.29 is 14.2 Å². The first-order chi connectivity index (χ1) is 10.2. The molecule has 0 aromatic carbocycles. The van der Waals surface area contributed by atoms with Crippen molar-refractivity contribution in [2.75, 3.05) is 53.2 Å². The first-order valence-electron chi connectivity index (χ1n) is 8.35. The van der Waals surface area contributed by atoms with E-state index >= 15 is 0 Å². The van der Waals surface area contributed by atoms with Crippen molar-refractivity contribution in [1.82, 2.24) is 4.90 Å². The summed E-state index contributed by atoms with van der Waals surface area (Å²) in [5.41, 5.74) is 6.22. The number of rotatable bonds is 11. The Balaban J connectivity index is 2.69. The minimum Gasteiger partial charge on any atom is -0.381 e. The summed E-state index contributed by atoms with van der Waals surface area (Å²) in [5, 5.41) is 0. The summed E-state index contributed by atoms with van der Waals surface area (Å²) >= 11 is 0. The van der Waals surface area contributed by atoms with E-state index in [0.717, 1.165) is 58.8 Å². The summed E-state index contributed by atoms with van der Waals surface area (Å²) in [6, 6.07) is 0. The molecule has 0 saturated heterocycles. The predicted molar refractivity (Wildman–Crippen MR) is 85.6 cm³/mol. The van der Waals surface area contributed by atoms with Gasteiger partial charge in [0.1, 0.15) is 0 Å². The third-order valence-electron chi connectivity index (χ3n) is 4.58. The molecule has 2 N–H and O–H groups in total. The van der Waals surface area contributed by atoms with Crippen molar-refractivity contribution in [3.8, 4) is 0 Å². The fourth-order valence-corrected chi connectivity index (χ4v) is 3.31. The first-order valence-corrected chi connectivity index (χ1v) is 8.35. The zero-order valence-electron chi connectivity index (χ0n) is 14.1. The summed E-state index contributed by atoms with van der Waals surface area (Å²) in [6.07, 6.45) is 4.79. The van der Waals surface area contributed by atoms with Crippen LogP contribution < -0.4 is 5.73 Å². The van der Waals surface area contributed by atoms with Crippen LogP contribution in [-0.2, 0) is 14.2 Å². The Hall–Kier alpha value is -0.200. The van der Waals surface area contributed by atoms with Gasteiger partial charge in [0.15, 0.2) is 0 Å². The Labute approximate surface area is 130 Å². The summed E-state index contributed by atoms with van der Waals surface area (Å²) in [6.45, 7) is 9.58. The molecule has 0 amide bonds. The van der Waals surface area contributed by atoms with E-state index in [1.807, 2.05) is 21.0 Å². The van der Waals surface area contributed by atoms with Crippen molar-refractivity contribution in [3.63, 3.8) is 0 Å². The number of nitrogens with two attached hydrogens (primary N) is 1. The average molecular weight is 302 g/mol. The Kier molecular flexibility index (Phi) is 9.44. The van der Waals surface area contributed by atoms with Crippen LogP contribution in [0.25, 0.3) is 0 Å². The number of ether oxygens (including phenoxy) is 3. The quantitative estimate of drug-likeness (QED) is 0.588. The molecule has 0 bridgehead atoms. The molecule has 1 fully saturated rings. The van der Waals surface area contributed by atoms with Crippen molar-refractivity contribution >= 4 is 0 Å². The van der Waals surface area contributed by atoms with Gasteiger partial charge in [0.05, 0.1) is 19.3 Å². The lowest BCUT2D eigenvalue weighted by Crippen LogP contribution is -2.59. The van der Waals surface area contributed by atoms with E-state index in [2.05, 4.69) is 4.90 Å². The maximum Gasteiger partial charge on any atom is 0.0593 e. The molecular weight excluding hydrogens is 268 g/mol. The van der Waals surface area contributed by atoms with Crippen LogP contribution in [0.3, 0.4) is 0 Å². The van der Waals surface area contributed by atoms with Gasteiger partial charge >= 0.3 is 0 Å². The second kappa shape index (κ2) is 10.5. The van der Waals surface area contributed by atoms with Crippen LogP contribution in [-0.4, -0.2) is 69.7 Å². The summed E-state index contributed by atoms with van der Waals surface area (Å²) < 4.78 is 16.7. The van der Waals surface area contributed by atoms with E-state index in [4.69, 9.17) is 19.9 Å². The van der Waals surface area contributed by atoms with Crippen molar-refractivity contribution in [2.45, 2.75) is 51.2 Å². The minimum absolute atomic E-state index is 0.0349. The van der Waals surface area contributed by atoms with Gasteiger partial charge in [-0.15, -0.1) is 0 Å². The van der Waals surface area contributed by atoms with Gasteiger partial charge in [0, 0.05) is 45.5 Å². The number of methoxy groups -OCH3 is 1. The molecule has 1 rings (SSSR count). The lowest BCUT2D eigenvalue weighted by atomic mass is 9.78. The lowest BCUT2D eigenvalue weighted by Gasteiger charge is -2.48. The topological polar surface area (TPSA) is 57.0 Å². The monoisotopic (exact) mass is 302 g/mol. The molecule has 0 radical (unpaired) electrons. The molecule has 0 aromatic rings. The molecule has 0 aliphatic heterocycles. The third kappa shape index (κ3) is 5.83. The zero-order chi connectivity index (χ0) is 15.6. The van der Waals surface area contributed by atoms with Crippen molar-refractivity contribution in [1.29, 1.82) is 0 Å². The molecule has 2 unspecified atom stereocenters. The Bertz CT molecular complexity index is 256. The van der Waals surface area contributed by atoms with Gasteiger partial charge in [-0.3, -0.25) is 4.90 Å². The molecule has 1 aliphatic carbocycles. The average Bonchev–Trinajstić information content (AvgIpc) is 2.53. The highest BCUT2D eigenvalue weighted by atomic mass is 16.5. The summed E-state index contributed by atoms with van der Waals surface area (Å²) in [4.78, 5) is 2.48. The second-order valence-electron chi connectivity index (χ2n) is 5.76. The maximum atomic E-state index is 6.19. The standard InChI is InChI=1S/C16H34N2O3/c1-4-20-11-9-18(10-12-21-5-2)16(14-17)8-6-7-15(13-16)19-3/h15H,4-14,17H2,1-3H3. The first kappa shape index (κ1) is 18.8. The van der Waals surface area contributed by atoms with Gasteiger partial charge in [-0.2, -0.15) is 0 Å². The van der Waals surface area contributed by atoms with Crippen LogP contribution in [0.5, 0.6) is 0 Å². The van der Waals surface area contributed by atoms with Gasteiger partial charge in [-0.05, 0) is 39.5 Å². The third-order valence-corrected chi connectivity index (χ3v) is 4.58. The maximum absolute atomic E-state index is 6.19. The molecule has 1 saturated carbocycles. The smallest absolute Gasteiger partial charge is 0.0593 e. The van der Waals surface area contributed by atoms with Crippen LogP contribution in [0.15, 0.2) is 0 Å². The van der Waals surface area contributed by atoms with Crippen LogP contribution in [0, 0.1) is 0 Å². The minimum atomic E-state index is 0.0349. The highest BCUT2D eigenvalue weighted by molar-refractivity contribution is 4.97. The second-order valence-corrected chi connectivity index (χ2v) is 5.76. The van der Waals surface area contributed by atoms with Crippen LogP contribution in [0.4, 0.5) is 0 Å². The Morgan fingerprint density at radius 3 is 2.24 bits per heavy atom. The predicted octanol–water partition coefficient (Wildman–Crippen LogP) is 1.65. The molecule has 0 aromatic heterocycles. The number of hydrogen-bond acceptors (Lipinski definition) is 5. The van der Waals surface area contributed by atoms with E-state index in [1.165, 1.54) is 6.42 Å². The SMILES string of the molecule is CCOCCN(CCOCC)C1(CN)CCCC(OC)C1. The van der Waals surface area contributed by atoms with E-state index in [0.29, 0.717) is 12.6 Å². The van der Waals surface area contributed by atoms with E-state index < -0.39 is 0 Å². The highest BCUT2D eigenvalue weighted by Gasteiger charge is 2.40. The van der Waals surface area contributed by atoms with Crippen LogP contribution in [0.2, 0.25) is 0 Å². The zero-order valence-corrected chi connectivity index (χ0v) is 14.1. The number of hydrogen-bond donors (Lipinski definition) is 1. The molecular formula is C16H34N2O3. The fraction of sp³-hybridized carbons (Fsp3) is 1.00. The summed E-state index contributed by atoms with van der Waals surface area (Å²) in [7, 11) is 1.81. The van der Waals surface area contributed by atoms with Gasteiger partial charge in [0.25, 0.3) is 0 Å². The molecule has 21 heavy (non-hydrogen) atoms. The molecule has 2 atom stereocenters. The van der Waals surface area contributed by atoms with Crippen molar-refractivity contribution in [3.05, 3.63) is 0 Å². The van der Waals surface area contributed by atoms with E-state index in [9.17, 15) is 0 Å². The fourth-order valence-electron chi connectivity index (χ4n) is 3.31. The Morgan fingerprint density at radius 1 is 1.14 bits per heavy atom.